The molecule has 0 bridgehead atoms. The summed E-state index contributed by atoms with van der Waals surface area (Å²) in [5.74, 6) is -0.0487. The highest BCUT2D eigenvalue weighted by Crippen LogP contribution is 2.30. The van der Waals surface area contributed by atoms with E-state index < -0.39 is 0 Å². The second-order valence-electron chi connectivity index (χ2n) is 6.46. The molecule has 3 rings (SSSR count). The lowest BCUT2D eigenvalue weighted by molar-refractivity contribution is -0.114. The lowest BCUT2D eigenvalue weighted by atomic mass is 10.2. The Morgan fingerprint density at radius 1 is 1.08 bits per heavy atom. The van der Waals surface area contributed by atoms with Gasteiger partial charge >= 0.3 is 0 Å². The number of para-hydroxylation sites is 1. The fourth-order valence-corrected chi connectivity index (χ4v) is 3.69. The van der Waals surface area contributed by atoms with Gasteiger partial charge in [0.05, 0.1) is 10.2 Å². The summed E-state index contributed by atoms with van der Waals surface area (Å²) in [6.45, 7) is 3.43. The van der Waals surface area contributed by atoms with Crippen molar-refractivity contribution in [2.45, 2.75) is 6.92 Å². The molecule has 0 aliphatic rings. The van der Waals surface area contributed by atoms with Gasteiger partial charge < -0.3 is 4.90 Å². The number of carbonyl (C=O) groups is 1. The number of nitrogens with zero attached hydrogens (tertiary/aromatic N) is 3. The summed E-state index contributed by atoms with van der Waals surface area (Å²) in [7, 11) is 4.01. The fourth-order valence-electron chi connectivity index (χ4n) is 2.61. The number of aryl methyl sites for hydroxylation is 1. The van der Waals surface area contributed by atoms with Crippen molar-refractivity contribution in [2.75, 3.05) is 32.1 Å². The van der Waals surface area contributed by atoms with Crippen LogP contribution >= 0.6 is 11.3 Å². The number of anilines is 1. The molecule has 5 heteroatoms. The number of thiazole rings is 1. The van der Waals surface area contributed by atoms with Crippen LogP contribution in [0, 0.1) is 6.92 Å². The third-order valence-corrected chi connectivity index (χ3v) is 5.14. The van der Waals surface area contributed by atoms with Crippen molar-refractivity contribution in [3.63, 3.8) is 0 Å². The van der Waals surface area contributed by atoms with Gasteiger partial charge in [0.2, 0.25) is 0 Å². The second kappa shape index (κ2) is 8.25. The van der Waals surface area contributed by atoms with Gasteiger partial charge in [0.25, 0.3) is 5.91 Å². The van der Waals surface area contributed by atoms with Crippen LogP contribution in [0.3, 0.4) is 0 Å². The summed E-state index contributed by atoms with van der Waals surface area (Å²) >= 11 is 1.56. The topological polar surface area (TPSA) is 36.4 Å². The Morgan fingerprint density at radius 3 is 2.54 bits per heavy atom. The molecule has 0 N–H and O–H groups in total. The zero-order valence-electron chi connectivity index (χ0n) is 15.3. The van der Waals surface area contributed by atoms with Crippen LogP contribution in [0.1, 0.15) is 11.1 Å². The first kappa shape index (κ1) is 18.3. The Hall–Kier alpha value is -2.50. The average molecular weight is 366 g/mol. The van der Waals surface area contributed by atoms with Crippen molar-refractivity contribution >= 4 is 38.7 Å². The van der Waals surface area contributed by atoms with E-state index in [1.807, 2.05) is 69.6 Å². The van der Waals surface area contributed by atoms with Gasteiger partial charge in [-0.1, -0.05) is 53.8 Å². The number of fused-ring (bicyclic) bond motifs is 1. The van der Waals surface area contributed by atoms with Crippen molar-refractivity contribution in [1.82, 2.24) is 9.88 Å². The highest BCUT2D eigenvalue weighted by atomic mass is 32.1. The van der Waals surface area contributed by atoms with Gasteiger partial charge in [0.1, 0.15) is 0 Å². The molecule has 0 aliphatic heterocycles. The summed E-state index contributed by atoms with van der Waals surface area (Å²) in [5.41, 5.74) is 3.11. The lowest BCUT2D eigenvalue weighted by Crippen LogP contribution is -2.35. The minimum Gasteiger partial charge on any atom is -0.308 e. The van der Waals surface area contributed by atoms with E-state index in [2.05, 4.69) is 11.0 Å². The number of likely N-dealkylation sites (N-methyl/N-ethyl adjacent to an activating group) is 1. The summed E-state index contributed by atoms with van der Waals surface area (Å²) in [4.78, 5) is 21.5. The minimum absolute atomic E-state index is 0.0487. The molecule has 1 heterocycles. The minimum atomic E-state index is -0.0487. The Morgan fingerprint density at radius 2 is 1.85 bits per heavy atom. The van der Waals surface area contributed by atoms with Crippen LogP contribution in [0.5, 0.6) is 0 Å². The average Bonchev–Trinajstić information content (AvgIpc) is 3.06. The quantitative estimate of drug-likeness (QED) is 0.614. The van der Waals surface area contributed by atoms with Gasteiger partial charge in [-0.05, 0) is 44.3 Å². The summed E-state index contributed by atoms with van der Waals surface area (Å²) in [5, 5.41) is 0.749. The second-order valence-corrected chi connectivity index (χ2v) is 7.46. The summed E-state index contributed by atoms with van der Waals surface area (Å²) in [6, 6.07) is 16.0. The zero-order chi connectivity index (χ0) is 18.5. The van der Waals surface area contributed by atoms with Crippen LogP contribution in [0.2, 0.25) is 0 Å². The highest BCUT2D eigenvalue weighted by molar-refractivity contribution is 7.22. The van der Waals surface area contributed by atoms with Gasteiger partial charge in [-0.25, -0.2) is 4.98 Å². The van der Waals surface area contributed by atoms with Crippen LogP contribution in [0.25, 0.3) is 16.3 Å². The van der Waals surface area contributed by atoms with Crippen LogP contribution in [0.4, 0.5) is 5.13 Å². The number of benzene rings is 2. The number of amides is 1. The molecule has 134 valence electrons. The standard InChI is InChI=1S/C21H23N3OS/c1-16-8-7-11-18-20(16)22-21(26-18)24(15-14-23(2)3)19(25)13-12-17-9-5-4-6-10-17/h4-13H,14-15H2,1-3H3/b13-12+. The van der Waals surface area contributed by atoms with E-state index in [0.717, 1.165) is 33.0 Å². The van der Waals surface area contributed by atoms with Crippen LogP contribution in [0.15, 0.2) is 54.6 Å². The van der Waals surface area contributed by atoms with E-state index in [1.165, 1.54) is 0 Å². The first-order valence-electron chi connectivity index (χ1n) is 8.60. The molecular weight excluding hydrogens is 342 g/mol. The number of hydrogen-bond donors (Lipinski definition) is 0. The third kappa shape index (κ3) is 4.36. The SMILES string of the molecule is Cc1cccc2sc(N(CCN(C)C)C(=O)/C=C/c3ccccc3)nc12. The molecule has 0 aliphatic carbocycles. The summed E-state index contributed by atoms with van der Waals surface area (Å²) < 4.78 is 1.11. The number of hydrogen-bond acceptors (Lipinski definition) is 4. The maximum atomic E-state index is 12.9. The molecule has 0 unspecified atom stereocenters. The van der Waals surface area contributed by atoms with Gasteiger partial charge in [0.15, 0.2) is 5.13 Å². The predicted octanol–water partition coefficient (Wildman–Crippen LogP) is 4.21. The zero-order valence-corrected chi connectivity index (χ0v) is 16.2. The molecule has 0 radical (unpaired) electrons. The van der Waals surface area contributed by atoms with Crippen molar-refractivity contribution < 1.29 is 4.79 Å². The van der Waals surface area contributed by atoms with E-state index >= 15 is 0 Å². The molecule has 1 aromatic heterocycles. The molecule has 4 nitrogen and oxygen atoms in total. The van der Waals surface area contributed by atoms with Crippen molar-refractivity contribution in [3.8, 4) is 0 Å². The first-order chi connectivity index (χ1) is 12.5. The Bertz CT molecular complexity index is 915. The Balaban J connectivity index is 1.89. The van der Waals surface area contributed by atoms with E-state index in [4.69, 9.17) is 4.98 Å². The third-order valence-electron chi connectivity index (χ3n) is 4.10. The molecule has 1 amide bonds. The van der Waals surface area contributed by atoms with E-state index in [9.17, 15) is 4.79 Å². The van der Waals surface area contributed by atoms with E-state index in [1.54, 1.807) is 22.3 Å². The molecule has 26 heavy (non-hydrogen) atoms. The first-order valence-corrected chi connectivity index (χ1v) is 9.42. The van der Waals surface area contributed by atoms with Crippen LogP contribution < -0.4 is 4.90 Å². The molecular formula is C21H23N3OS. The van der Waals surface area contributed by atoms with Crippen molar-refractivity contribution in [1.29, 1.82) is 0 Å². The predicted molar refractivity (Wildman–Crippen MR) is 111 cm³/mol. The Kier molecular flexibility index (Phi) is 5.81. The van der Waals surface area contributed by atoms with Gasteiger partial charge in [-0.3, -0.25) is 9.69 Å². The van der Waals surface area contributed by atoms with E-state index in [0.29, 0.717) is 6.54 Å². The van der Waals surface area contributed by atoms with Gasteiger partial charge in [-0.2, -0.15) is 0 Å². The highest BCUT2D eigenvalue weighted by Gasteiger charge is 2.18. The van der Waals surface area contributed by atoms with Crippen molar-refractivity contribution in [3.05, 3.63) is 65.7 Å². The number of aromatic nitrogens is 1. The lowest BCUT2D eigenvalue weighted by Gasteiger charge is -2.20. The fraction of sp³-hybridized carbons (Fsp3) is 0.238. The Labute approximate surface area is 158 Å². The molecule has 0 spiro atoms. The monoisotopic (exact) mass is 365 g/mol. The molecule has 0 atom stereocenters. The molecule has 0 fully saturated rings. The number of rotatable bonds is 6. The molecule has 0 saturated heterocycles. The molecule has 0 saturated carbocycles. The number of carbonyl (C=O) groups excluding carboxylic acids is 1. The van der Waals surface area contributed by atoms with Gasteiger partial charge in [-0.15, -0.1) is 0 Å². The van der Waals surface area contributed by atoms with Crippen molar-refractivity contribution in [2.24, 2.45) is 0 Å². The van der Waals surface area contributed by atoms with Gasteiger partial charge in [0, 0.05) is 19.2 Å². The largest absolute Gasteiger partial charge is 0.308 e. The molecule has 2 aromatic carbocycles. The van der Waals surface area contributed by atoms with E-state index in [-0.39, 0.29) is 5.91 Å². The molecule has 3 aromatic rings. The van der Waals surface area contributed by atoms with Crippen LogP contribution in [-0.4, -0.2) is 43.0 Å². The van der Waals surface area contributed by atoms with Crippen LogP contribution in [-0.2, 0) is 4.79 Å². The normalized spacial score (nSPS) is 11.5. The maximum Gasteiger partial charge on any atom is 0.252 e. The maximum absolute atomic E-state index is 12.9. The summed E-state index contributed by atoms with van der Waals surface area (Å²) in [6.07, 6.45) is 3.48. The smallest absolute Gasteiger partial charge is 0.252 e.